The number of piperazine rings is 1. The van der Waals surface area contributed by atoms with Gasteiger partial charge in [-0.1, -0.05) is 12.1 Å². The van der Waals surface area contributed by atoms with Crippen LogP contribution in [0.3, 0.4) is 0 Å². The zero-order valence-corrected chi connectivity index (χ0v) is 15.9. The van der Waals surface area contributed by atoms with E-state index in [0.717, 1.165) is 17.7 Å². The van der Waals surface area contributed by atoms with Gasteiger partial charge in [0.25, 0.3) is 0 Å². The Bertz CT molecular complexity index is 782. The van der Waals surface area contributed by atoms with E-state index in [9.17, 15) is 13.2 Å². The number of hydrogen-bond donors (Lipinski definition) is 4. The van der Waals surface area contributed by atoms with E-state index in [0.29, 0.717) is 39.3 Å². The van der Waals surface area contributed by atoms with E-state index in [-0.39, 0.29) is 23.7 Å². The summed E-state index contributed by atoms with van der Waals surface area (Å²) in [5, 5.41) is 25.1. The smallest absolute Gasteiger partial charge is 0.404 e. The molecule has 1 fully saturated rings. The first-order valence-corrected chi connectivity index (χ1v) is 9.10. The number of nitrogens with zero attached hydrogens (tertiary/aromatic N) is 3. The quantitative estimate of drug-likeness (QED) is 0.404. The second-order valence-electron chi connectivity index (χ2n) is 6.57. The minimum atomic E-state index is -4.49. The lowest BCUT2D eigenvalue weighted by Gasteiger charge is -2.36. The summed E-state index contributed by atoms with van der Waals surface area (Å²) in [4.78, 5) is 7.85. The summed E-state index contributed by atoms with van der Waals surface area (Å²) in [5.41, 5.74) is 5.41. The molecule has 158 valence electrons. The van der Waals surface area contributed by atoms with Crippen LogP contribution in [-0.2, 0) is 6.18 Å². The fraction of sp³-hybridized carbons (Fsp3) is 0.421. The molecule has 1 aromatic rings. The third kappa shape index (κ3) is 6.40. The number of amidine groups is 1. The lowest BCUT2D eigenvalue weighted by molar-refractivity contribution is -0.137. The normalized spacial score (nSPS) is 16.4. The molecule has 0 aromatic heterocycles. The summed E-state index contributed by atoms with van der Waals surface area (Å²) in [6, 6.07) is 4.51. The lowest BCUT2D eigenvalue weighted by Crippen LogP contribution is -2.50. The van der Waals surface area contributed by atoms with E-state index in [1.165, 1.54) is 18.3 Å². The fourth-order valence-corrected chi connectivity index (χ4v) is 2.91. The molecule has 1 heterocycles. The maximum atomic E-state index is 12.9. The molecule has 0 radical (unpaired) electrons. The zero-order chi connectivity index (χ0) is 21.4. The van der Waals surface area contributed by atoms with Crippen LogP contribution in [0.2, 0.25) is 0 Å². The predicted molar refractivity (Wildman–Crippen MR) is 107 cm³/mol. The summed E-state index contributed by atoms with van der Waals surface area (Å²) in [6.07, 6.45) is -1.41. The van der Waals surface area contributed by atoms with Gasteiger partial charge in [0.05, 0.1) is 18.7 Å². The molecule has 2 rings (SSSR count). The second kappa shape index (κ2) is 10.2. The molecule has 10 heteroatoms. The minimum Gasteiger partial charge on any atom is -0.404 e. The van der Waals surface area contributed by atoms with Crippen LogP contribution in [0.4, 0.5) is 13.2 Å². The Morgan fingerprint density at radius 1 is 1.21 bits per heavy atom. The van der Waals surface area contributed by atoms with Crippen LogP contribution in [-0.4, -0.2) is 78.5 Å². The van der Waals surface area contributed by atoms with Gasteiger partial charge in [-0.2, -0.15) is 13.2 Å². The third-order valence-corrected chi connectivity index (χ3v) is 4.51. The van der Waals surface area contributed by atoms with Crippen LogP contribution in [0.1, 0.15) is 11.1 Å². The standard InChI is InChI=1S/C19H25F3N6O/c20-19(21,22)16-3-1-2-15(10-16)17(24)18(25)28-7-5-27(6-8-28)13-14(11-23)12-26-4-9-29/h1-3,10-12,24-25,29H,4-9,13,23H2/b14-11+,24-17?,25-18?,26-12?. The van der Waals surface area contributed by atoms with Crippen LogP contribution in [0.25, 0.3) is 0 Å². The van der Waals surface area contributed by atoms with Gasteiger partial charge in [-0.25, -0.2) is 0 Å². The number of aliphatic imine (C=N–C) groups is 1. The van der Waals surface area contributed by atoms with Crippen molar-refractivity contribution >= 4 is 17.8 Å². The van der Waals surface area contributed by atoms with Crippen molar-refractivity contribution in [2.24, 2.45) is 10.7 Å². The molecule has 0 saturated carbocycles. The molecule has 0 bridgehead atoms. The van der Waals surface area contributed by atoms with E-state index in [1.807, 2.05) is 0 Å². The molecule has 7 nitrogen and oxygen atoms in total. The number of aliphatic hydroxyl groups excluding tert-OH is 1. The highest BCUT2D eigenvalue weighted by Crippen LogP contribution is 2.29. The van der Waals surface area contributed by atoms with E-state index in [4.69, 9.17) is 21.7 Å². The highest BCUT2D eigenvalue weighted by atomic mass is 19.4. The molecule has 1 aliphatic rings. The van der Waals surface area contributed by atoms with Gasteiger partial charge in [-0.05, 0) is 23.9 Å². The second-order valence-corrected chi connectivity index (χ2v) is 6.57. The van der Waals surface area contributed by atoms with E-state index < -0.39 is 11.7 Å². The monoisotopic (exact) mass is 410 g/mol. The van der Waals surface area contributed by atoms with E-state index in [2.05, 4.69) is 9.89 Å². The van der Waals surface area contributed by atoms with Crippen LogP contribution in [0.5, 0.6) is 0 Å². The third-order valence-electron chi connectivity index (χ3n) is 4.51. The van der Waals surface area contributed by atoms with Gasteiger partial charge < -0.3 is 15.7 Å². The van der Waals surface area contributed by atoms with Gasteiger partial charge in [-0.3, -0.25) is 20.7 Å². The number of nitrogens with two attached hydrogens (primary N) is 1. The maximum absolute atomic E-state index is 12.9. The summed E-state index contributed by atoms with van der Waals surface area (Å²) in [5.74, 6) is -0.0944. The number of hydrogen-bond acceptors (Lipinski definition) is 6. The summed E-state index contributed by atoms with van der Waals surface area (Å²) in [6.45, 7) is 3.02. The van der Waals surface area contributed by atoms with Gasteiger partial charge in [-0.15, -0.1) is 0 Å². The summed E-state index contributed by atoms with van der Waals surface area (Å²) < 4.78 is 38.7. The molecule has 0 unspecified atom stereocenters. The molecule has 0 spiro atoms. The van der Waals surface area contributed by atoms with Crippen LogP contribution in [0.15, 0.2) is 41.0 Å². The van der Waals surface area contributed by atoms with Crippen molar-refractivity contribution in [1.29, 1.82) is 10.8 Å². The van der Waals surface area contributed by atoms with Crippen LogP contribution >= 0.6 is 0 Å². The molecule has 1 aromatic carbocycles. The number of halogens is 3. The van der Waals surface area contributed by atoms with Gasteiger partial charge in [0.1, 0.15) is 11.5 Å². The van der Waals surface area contributed by atoms with Gasteiger partial charge in [0.15, 0.2) is 0 Å². The fourth-order valence-electron chi connectivity index (χ4n) is 2.91. The molecule has 1 aliphatic heterocycles. The molecule has 29 heavy (non-hydrogen) atoms. The first-order chi connectivity index (χ1) is 13.8. The van der Waals surface area contributed by atoms with Crippen molar-refractivity contribution in [3.8, 4) is 0 Å². The number of alkyl halides is 3. The lowest BCUT2D eigenvalue weighted by atomic mass is 10.0. The Morgan fingerprint density at radius 3 is 2.48 bits per heavy atom. The first-order valence-electron chi connectivity index (χ1n) is 9.10. The number of nitrogens with one attached hydrogen (secondary N) is 2. The molecular weight excluding hydrogens is 385 g/mol. The highest BCUT2D eigenvalue weighted by molar-refractivity contribution is 6.45. The van der Waals surface area contributed by atoms with Crippen molar-refractivity contribution in [3.05, 3.63) is 47.2 Å². The SMILES string of the molecule is N=C(C(=N)N1CCN(C/C(C=NCCO)=C/N)CC1)c1cccc(C(F)(F)F)c1. The molecule has 1 saturated heterocycles. The first kappa shape index (κ1) is 22.6. The molecule has 5 N–H and O–H groups in total. The van der Waals surface area contributed by atoms with Gasteiger partial charge >= 0.3 is 6.18 Å². The number of benzene rings is 1. The predicted octanol–water partition coefficient (Wildman–Crippen LogP) is 1.57. The number of rotatable bonds is 7. The van der Waals surface area contributed by atoms with Crippen molar-refractivity contribution in [3.63, 3.8) is 0 Å². The van der Waals surface area contributed by atoms with Gasteiger partial charge in [0, 0.05) is 44.5 Å². The Hall–Kier alpha value is -2.72. The van der Waals surface area contributed by atoms with Crippen molar-refractivity contribution in [2.75, 3.05) is 45.9 Å². The molecule has 0 aliphatic carbocycles. The van der Waals surface area contributed by atoms with Crippen molar-refractivity contribution in [2.45, 2.75) is 6.18 Å². The number of aliphatic hydroxyl groups is 1. The molecule has 0 amide bonds. The largest absolute Gasteiger partial charge is 0.416 e. The Kier molecular flexibility index (Phi) is 7.91. The Labute approximate surface area is 167 Å². The Morgan fingerprint density at radius 2 is 1.90 bits per heavy atom. The van der Waals surface area contributed by atoms with Crippen LogP contribution < -0.4 is 5.73 Å². The topological polar surface area (TPSA) is 113 Å². The summed E-state index contributed by atoms with van der Waals surface area (Å²) in [7, 11) is 0. The average Bonchev–Trinajstić information content (AvgIpc) is 2.72. The van der Waals surface area contributed by atoms with E-state index in [1.54, 1.807) is 11.1 Å². The zero-order valence-electron chi connectivity index (χ0n) is 15.9. The molecule has 0 atom stereocenters. The maximum Gasteiger partial charge on any atom is 0.416 e. The van der Waals surface area contributed by atoms with Gasteiger partial charge in [0.2, 0.25) is 0 Å². The summed E-state index contributed by atoms with van der Waals surface area (Å²) >= 11 is 0. The van der Waals surface area contributed by atoms with Crippen LogP contribution in [0, 0.1) is 10.8 Å². The highest BCUT2D eigenvalue weighted by Gasteiger charge is 2.31. The van der Waals surface area contributed by atoms with E-state index >= 15 is 0 Å². The average molecular weight is 410 g/mol. The molecular formula is C19H25F3N6O. The van der Waals surface area contributed by atoms with Crippen molar-refractivity contribution in [1.82, 2.24) is 9.80 Å². The minimum absolute atomic E-state index is 0.0347. The van der Waals surface area contributed by atoms with Crippen molar-refractivity contribution < 1.29 is 18.3 Å². The Balaban J connectivity index is 1.94.